The molecule has 0 aliphatic heterocycles. The molecule has 3 nitrogen and oxygen atoms in total. The predicted molar refractivity (Wildman–Crippen MR) is 56.2 cm³/mol. The van der Waals surface area contributed by atoms with E-state index >= 15 is 0 Å². The maximum absolute atomic E-state index is 4.48. The zero-order chi connectivity index (χ0) is 9.80. The molecule has 0 fully saturated rings. The smallest absolute Gasteiger partial charge is 0.153 e. The Balaban J connectivity index is 2.11. The Bertz CT molecular complexity index is 373. The van der Waals surface area contributed by atoms with Gasteiger partial charge in [-0.25, -0.2) is 9.50 Å². The summed E-state index contributed by atoms with van der Waals surface area (Å²) >= 11 is 0. The molecule has 0 atom stereocenters. The number of aryl methyl sites for hydroxylation is 1. The van der Waals surface area contributed by atoms with Gasteiger partial charge in [-0.15, -0.1) is 0 Å². The van der Waals surface area contributed by atoms with Crippen LogP contribution in [0.2, 0.25) is 0 Å². The van der Waals surface area contributed by atoms with E-state index in [1.54, 1.807) is 6.20 Å². The molecule has 0 saturated carbocycles. The maximum atomic E-state index is 4.48. The molecule has 0 N–H and O–H groups in total. The zero-order valence-corrected chi connectivity index (χ0v) is 8.48. The molecule has 0 aromatic carbocycles. The Morgan fingerprint density at radius 1 is 1.36 bits per heavy atom. The van der Waals surface area contributed by atoms with Crippen molar-refractivity contribution >= 4 is 5.65 Å². The summed E-state index contributed by atoms with van der Waals surface area (Å²) in [5.74, 6) is 0. The lowest BCUT2D eigenvalue weighted by atomic mass is 10.2. The molecule has 3 heteroatoms. The van der Waals surface area contributed by atoms with Gasteiger partial charge < -0.3 is 0 Å². The Kier molecular flexibility index (Phi) is 2.77. The standard InChI is InChI=1S/C11H15N3/c1-2-3-4-6-10-9-14-11(13-10)7-5-8-12-14/h5,7-9H,2-4,6H2,1H3. The third-order valence-corrected chi connectivity index (χ3v) is 2.32. The van der Waals surface area contributed by atoms with Crippen LogP contribution in [0.3, 0.4) is 0 Å². The molecule has 0 radical (unpaired) electrons. The molecule has 14 heavy (non-hydrogen) atoms. The average molecular weight is 189 g/mol. The molecule has 2 aromatic rings. The van der Waals surface area contributed by atoms with Gasteiger partial charge in [0.05, 0.1) is 11.9 Å². The van der Waals surface area contributed by atoms with Gasteiger partial charge in [0, 0.05) is 6.20 Å². The first-order valence-corrected chi connectivity index (χ1v) is 5.19. The van der Waals surface area contributed by atoms with E-state index in [0.29, 0.717) is 0 Å². The van der Waals surface area contributed by atoms with E-state index in [2.05, 4.69) is 17.0 Å². The first-order valence-electron chi connectivity index (χ1n) is 5.19. The molecule has 0 amide bonds. The molecular weight excluding hydrogens is 174 g/mol. The summed E-state index contributed by atoms with van der Waals surface area (Å²) in [7, 11) is 0. The number of rotatable bonds is 4. The molecule has 2 aromatic heterocycles. The van der Waals surface area contributed by atoms with Crippen molar-refractivity contribution in [3.63, 3.8) is 0 Å². The minimum atomic E-state index is 0.944. The van der Waals surface area contributed by atoms with Gasteiger partial charge in [-0.1, -0.05) is 19.8 Å². The van der Waals surface area contributed by atoms with E-state index in [9.17, 15) is 0 Å². The minimum Gasteiger partial charge on any atom is -0.232 e. The molecule has 0 bridgehead atoms. The van der Waals surface area contributed by atoms with Gasteiger partial charge in [0.15, 0.2) is 5.65 Å². The largest absolute Gasteiger partial charge is 0.232 e. The van der Waals surface area contributed by atoms with Crippen LogP contribution in [-0.2, 0) is 6.42 Å². The van der Waals surface area contributed by atoms with Crippen molar-refractivity contribution < 1.29 is 0 Å². The number of unbranched alkanes of at least 4 members (excludes halogenated alkanes) is 2. The highest BCUT2D eigenvalue weighted by Gasteiger charge is 2.00. The maximum Gasteiger partial charge on any atom is 0.153 e. The monoisotopic (exact) mass is 189 g/mol. The fourth-order valence-electron chi connectivity index (χ4n) is 1.56. The van der Waals surface area contributed by atoms with Crippen LogP contribution in [0.25, 0.3) is 5.65 Å². The summed E-state index contributed by atoms with van der Waals surface area (Å²) < 4.78 is 1.83. The highest BCUT2D eigenvalue weighted by molar-refractivity contribution is 5.37. The van der Waals surface area contributed by atoms with Crippen LogP contribution >= 0.6 is 0 Å². The van der Waals surface area contributed by atoms with Crippen LogP contribution in [0.15, 0.2) is 24.5 Å². The van der Waals surface area contributed by atoms with Crippen LogP contribution in [0.5, 0.6) is 0 Å². The molecule has 2 rings (SSSR count). The number of fused-ring (bicyclic) bond motifs is 1. The summed E-state index contributed by atoms with van der Waals surface area (Å²) in [4.78, 5) is 4.48. The van der Waals surface area contributed by atoms with Crippen molar-refractivity contribution in [2.75, 3.05) is 0 Å². The average Bonchev–Trinajstić information content (AvgIpc) is 2.60. The van der Waals surface area contributed by atoms with Gasteiger partial charge >= 0.3 is 0 Å². The Labute approximate surface area is 83.8 Å². The topological polar surface area (TPSA) is 30.2 Å². The van der Waals surface area contributed by atoms with Crippen molar-refractivity contribution in [1.82, 2.24) is 14.6 Å². The minimum absolute atomic E-state index is 0.944. The van der Waals surface area contributed by atoms with Gasteiger partial charge in [-0.05, 0) is 25.0 Å². The Hall–Kier alpha value is -1.38. The van der Waals surface area contributed by atoms with E-state index in [4.69, 9.17) is 0 Å². The summed E-state index contributed by atoms with van der Waals surface area (Å²) in [6, 6.07) is 3.90. The number of aromatic nitrogens is 3. The van der Waals surface area contributed by atoms with Gasteiger partial charge in [-0.3, -0.25) is 0 Å². The molecule has 0 spiro atoms. The molecule has 74 valence electrons. The first kappa shape index (κ1) is 9.19. The third-order valence-electron chi connectivity index (χ3n) is 2.32. The number of imidazole rings is 1. The second-order valence-electron chi connectivity index (χ2n) is 3.52. The molecule has 2 heterocycles. The molecule has 0 aliphatic rings. The number of hydrogen-bond donors (Lipinski definition) is 0. The van der Waals surface area contributed by atoms with E-state index in [1.807, 2.05) is 22.8 Å². The summed E-state index contributed by atoms with van der Waals surface area (Å²) in [6.45, 7) is 2.21. The Morgan fingerprint density at radius 2 is 2.29 bits per heavy atom. The lowest BCUT2D eigenvalue weighted by Crippen LogP contribution is -1.86. The Morgan fingerprint density at radius 3 is 3.07 bits per heavy atom. The lowest BCUT2D eigenvalue weighted by molar-refractivity contribution is 0.709. The van der Waals surface area contributed by atoms with E-state index in [-0.39, 0.29) is 0 Å². The van der Waals surface area contributed by atoms with Crippen LogP contribution < -0.4 is 0 Å². The lowest BCUT2D eigenvalue weighted by Gasteiger charge is -1.92. The fraction of sp³-hybridized carbons (Fsp3) is 0.455. The number of nitrogens with zero attached hydrogens (tertiary/aromatic N) is 3. The molecular formula is C11H15N3. The number of hydrogen-bond acceptors (Lipinski definition) is 2. The summed E-state index contributed by atoms with van der Waals surface area (Å²) in [6.07, 6.45) is 8.62. The predicted octanol–water partition coefficient (Wildman–Crippen LogP) is 2.46. The molecule has 0 aliphatic carbocycles. The second-order valence-corrected chi connectivity index (χ2v) is 3.52. The van der Waals surface area contributed by atoms with Crippen LogP contribution in [0.4, 0.5) is 0 Å². The van der Waals surface area contributed by atoms with Gasteiger partial charge in [0.25, 0.3) is 0 Å². The SMILES string of the molecule is CCCCCc1cn2ncccc2n1. The zero-order valence-electron chi connectivity index (χ0n) is 8.48. The van der Waals surface area contributed by atoms with E-state index < -0.39 is 0 Å². The van der Waals surface area contributed by atoms with Crippen molar-refractivity contribution in [2.24, 2.45) is 0 Å². The van der Waals surface area contributed by atoms with Crippen LogP contribution in [0.1, 0.15) is 31.9 Å². The van der Waals surface area contributed by atoms with Crippen molar-refractivity contribution in [3.05, 3.63) is 30.2 Å². The molecule has 0 saturated heterocycles. The fourth-order valence-corrected chi connectivity index (χ4v) is 1.56. The van der Waals surface area contributed by atoms with Crippen LogP contribution in [-0.4, -0.2) is 14.6 Å². The second kappa shape index (κ2) is 4.22. The quantitative estimate of drug-likeness (QED) is 0.691. The highest BCUT2D eigenvalue weighted by Crippen LogP contribution is 2.06. The molecule has 0 unspecified atom stereocenters. The first-order chi connectivity index (χ1) is 6.90. The highest BCUT2D eigenvalue weighted by atomic mass is 15.2. The normalized spacial score (nSPS) is 10.9. The van der Waals surface area contributed by atoms with Crippen molar-refractivity contribution in [2.45, 2.75) is 32.6 Å². The van der Waals surface area contributed by atoms with Crippen LogP contribution in [0, 0.1) is 0 Å². The third kappa shape index (κ3) is 1.92. The van der Waals surface area contributed by atoms with Crippen molar-refractivity contribution in [3.8, 4) is 0 Å². The van der Waals surface area contributed by atoms with Crippen molar-refractivity contribution in [1.29, 1.82) is 0 Å². The van der Waals surface area contributed by atoms with E-state index in [0.717, 1.165) is 17.8 Å². The summed E-state index contributed by atoms with van der Waals surface area (Å²) in [5.41, 5.74) is 2.09. The van der Waals surface area contributed by atoms with Gasteiger partial charge in [0.1, 0.15) is 0 Å². The van der Waals surface area contributed by atoms with Gasteiger partial charge in [-0.2, -0.15) is 5.10 Å². The van der Waals surface area contributed by atoms with E-state index in [1.165, 1.54) is 19.3 Å². The van der Waals surface area contributed by atoms with Gasteiger partial charge in [0.2, 0.25) is 0 Å². The summed E-state index contributed by atoms with van der Waals surface area (Å²) in [5, 5.41) is 4.18.